The van der Waals surface area contributed by atoms with Gasteiger partial charge in [0, 0.05) is 23.7 Å². The van der Waals surface area contributed by atoms with Gasteiger partial charge in [0.2, 0.25) is 5.78 Å². The average molecular weight is 395 g/mol. The molecule has 1 heterocycles. The number of hydrogen-bond donors (Lipinski definition) is 3. The van der Waals surface area contributed by atoms with Crippen LogP contribution < -0.4 is 16.8 Å². The lowest BCUT2D eigenvalue weighted by molar-refractivity contribution is 0.0852. The van der Waals surface area contributed by atoms with E-state index in [1.807, 2.05) is 36.4 Å². The molecule has 28 heavy (non-hydrogen) atoms. The molecule has 8 heteroatoms. The van der Waals surface area contributed by atoms with E-state index in [1.165, 1.54) is 11.3 Å². The molecule has 0 unspecified atom stereocenters. The highest BCUT2D eigenvalue weighted by atomic mass is 32.1. The van der Waals surface area contributed by atoms with Crippen molar-refractivity contribution < 1.29 is 9.59 Å². The van der Waals surface area contributed by atoms with Crippen LogP contribution in [0.2, 0.25) is 0 Å². The fraction of sp³-hybridized carbons (Fsp3) is 0.200. The van der Waals surface area contributed by atoms with Gasteiger partial charge in [-0.2, -0.15) is 0 Å². The van der Waals surface area contributed by atoms with Crippen LogP contribution in [0.3, 0.4) is 0 Å². The van der Waals surface area contributed by atoms with E-state index in [1.54, 1.807) is 17.6 Å². The number of aromatic nitrogens is 1. The predicted molar refractivity (Wildman–Crippen MR) is 112 cm³/mol. The number of hydrogen-bond acceptors (Lipinski definition) is 5. The molecule has 1 aromatic heterocycles. The lowest BCUT2D eigenvalue weighted by Crippen LogP contribution is -2.41. The van der Waals surface area contributed by atoms with Gasteiger partial charge < -0.3 is 16.8 Å². The molecule has 5 N–H and O–H groups in total. The number of aliphatic imine (C=N–C) groups is 1. The summed E-state index contributed by atoms with van der Waals surface area (Å²) in [6.07, 6.45) is 2.53. The number of carbonyl (C=O) groups excluding carboxylic acids is 2. The van der Waals surface area contributed by atoms with Crippen molar-refractivity contribution in [3.8, 4) is 0 Å². The topological polar surface area (TPSA) is 123 Å². The van der Waals surface area contributed by atoms with E-state index in [2.05, 4.69) is 15.3 Å². The summed E-state index contributed by atoms with van der Waals surface area (Å²) in [6, 6.07) is 12.5. The van der Waals surface area contributed by atoms with Crippen molar-refractivity contribution >= 4 is 39.8 Å². The van der Waals surface area contributed by atoms with Gasteiger partial charge in [-0.1, -0.05) is 36.4 Å². The molecule has 3 rings (SSSR count). The molecular formula is C20H21N5O2S. The molecule has 1 amide bonds. The predicted octanol–water partition coefficient (Wildman–Crippen LogP) is 2.33. The second-order valence-electron chi connectivity index (χ2n) is 6.20. The number of benzene rings is 2. The third-order valence-electron chi connectivity index (χ3n) is 4.24. The molecule has 0 radical (unpaired) electrons. The van der Waals surface area contributed by atoms with E-state index < -0.39 is 6.04 Å². The van der Waals surface area contributed by atoms with Crippen molar-refractivity contribution in [2.24, 2.45) is 16.5 Å². The first kappa shape index (κ1) is 19.5. The number of nitrogens with zero attached hydrogens (tertiary/aromatic N) is 2. The molecule has 0 saturated heterocycles. The third-order valence-corrected chi connectivity index (χ3v) is 5.03. The molecule has 0 aliphatic rings. The van der Waals surface area contributed by atoms with Crippen LogP contribution in [0.15, 0.2) is 59.0 Å². The highest BCUT2D eigenvalue weighted by molar-refractivity contribution is 7.11. The smallest absolute Gasteiger partial charge is 0.252 e. The first-order chi connectivity index (χ1) is 13.6. The van der Waals surface area contributed by atoms with E-state index in [0.29, 0.717) is 30.0 Å². The molecule has 0 spiro atoms. The van der Waals surface area contributed by atoms with E-state index in [0.717, 1.165) is 10.8 Å². The van der Waals surface area contributed by atoms with Crippen LogP contribution in [0.5, 0.6) is 0 Å². The van der Waals surface area contributed by atoms with E-state index in [4.69, 9.17) is 11.5 Å². The normalized spacial score (nSPS) is 11.7. The van der Waals surface area contributed by atoms with Gasteiger partial charge in [0.1, 0.15) is 0 Å². The van der Waals surface area contributed by atoms with Crippen LogP contribution in [0.25, 0.3) is 10.8 Å². The molecule has 144 valence electrons. The van der Waals surface area contributed by atoms with Gasteiger partial charge in [0.25, 0.3) is 5.91 Å². The zero-order valence-electron chi connectivity index (χ0n) is 15.2. The Labute approximate surface area is 166 Å². The monoisotopic (exact) mass is 395 g/mol. The summed E-state index contributed by atoms with van der Waals surface area (Å²) in [5.41, 5.74) is 11.2. The van der Waals surface area contributed by atoms with E-state index in [9.17, 15) is 9.59 Å². The molecule has 0 aliphatic heterocycles. The van der Waals surface area contributed by atoms with E-state index in [-0.39, 0.29) is 17.6 Å². The largest absolute Gasteiger partial charge is 0.370 e. The lowest BCUT2D eigenvalue weighted by atomic mass is 10.0. The van der Waals surface area contributed by atoms with Crippen molar-refractivity contribution in [2.45, 2.75) is 18.9 Å². The Morgan fingerprint density at radius 2 is 1.93 bits per heavy atom. The number of nitrogens with two attached hydrogens (primary N) is 2. The molecule has 7 nitrogen and oxygen atoms in total. The molecule has 3 aromatic rings. The Kier molecular flexibility index (Phi) is 6.33. The maximum atomic E-state index is 12.9. The zero-order valence-corrected chi connectivity index (χ0v) is 16.0. The maximum Gasteiger partial charge on any atom is 0.252 e. The van der Waals surface area contributed by atoms with Crippen molar-refractivity contribution in [2.75, 3.05) is 6.54 Å². The van der Waals surface area contributed by atoms with Gasteiger partial charge in [-0.05, 0) is 29.7 Å². The fourth-order valence-corrected chi connectivity index (χ4v) is 3.56. The van der Waals surface area contributed by atoms with E-state index >= 15 is 0 Å². The van der Waals surface area contributed by atoms with Gasteiger partial charge in [-0.3, -0.25) is 14.6 Å². The summed E-state index contributed by atoms with van der Waals surface area (Å²) >= 11 is 1.25. The van der Waals surface area contributed by atoms with Crippen LogP contribution in [-0.2, 0) is 0 Å². The van der Waals surface area contributed by atoms with Crippen LogP contribution in [0.4, 0.5) is 0 Å². The first-order valence-electron chi connectivity index (χ1n) is 8.84. The van der Waals surface area contributed by atoms with Gasteiger partial charge in [0.05, 0.1) is 6.04 Å². The van der Waals surface area contributed by atoms with Crippen LogP contribution in [0.1, 0.15) is 33.0 Å². The third kappa shape index (κ3) is 4.72. The molecule has 0 fully saturated rings. The van der Waals surface area contributed by atoms with Gasteiger partial charge in [0.15, 0.2) is 11.0 Å². The average Bonchev–Trinajstić information content (AvgIpc) is 3.23. The summed E-state index contributed by atoms with van der Waals surface area (Å²) < 4.78 is 0. The highest BCUT2D eigenvalue weighted by Crippen LogP contribution is 2.19. The number of ketones is 1. The van der Waals surface area contributed by atoms with Crippen molar-refractivity contribution in [3.05, 3.63) is 64.6 Å². The van der Waals surface area contributed by atoms with Crippen molar-refractivity contribution in [1.82, 2.24) is 10.3 Å². The molecule has 1 atom stereocenters. The lowest BCUT2D eigenvalue weighted by Gasteiger charge is -2.17. The van der Waals surface area contributed by atoms with Gasteiger partial charge in [-0.25, -0.2) is 4.98 Å². The minimum atomic E-state index is -0.702. The number of amides is 1. The van der Waals surface area contributed by atoms with Crippen LogP contribution in [-0.4, -0.2) is 35.2 Å². The second kappa shape index (κ2) is 9.09. The van der Waals surface area contributed by atoms with Gasteiger partial charge in [-0.15, -0.1) is 11.3 Å². The summed E-state index contributed by atoms with van der Waals surface area (Å²) in [4.78, 5) is 33.8. The molecule has 2 aromatic carbocycles. The zero-order chi connectivity index (χ0) is 19.9. The van der Waals surface area contributed by atoms with Crippen LogP contribution in [0, 0.1) is 0 Å². The minimum Gasteiger partial charge on any atom is -0.370 e. The minimum absolute atomic E-state index is 0.00240. The number of Topliss-reactive ketones (excluding diaryl/α,β-unsaturated/α-hetero) is 1. The maximum absolute atomic E-state index is 12.9. The van der Waals surface area contributed by atoms with Crippen LogP contribution >= 0.6 is 11.3 Å². The number of fused-ring (bicyclic) bond motifs is 1. The summed E-state index contributed by atoms with van der Waals surface area (Å²) in [7, 11) is 0. The standard InChI is InChI=1S/C20H21N5O2S/c21-20(22)24-10-4-9-16(17(26)19-23-11-12-28-19)25-18(27)15-8-3-6-13-5-1-2-7-14(13)15/h1-3,5-8,11-12,16H,4,9-10H2,(H,25,27)(H4,21,22,24)/t16-/m0/s1. The molecule has 0 saturated carbocycles. The first-order valence-corrected chi connectivity index (χ1v) is 9.72. The molecule has 0 bridgehead atoms. The summed E-state index contributed by atoms with van der Waals surface area (Å²) in [5, 5.41) is 6.77. The Bertz CT molecular complexity index is 992. The van der Waals surface area contributed by atoms with Crippen molar-refractivity contribution in [1.29, 1.82) is 0 Å². The summed E-state index contributed by atoms with van der Waals surface area (Å²) in [6.45, 7) is 0.383. The Morgan fingerprint density at radius 3 is 2.68 bits per heavy atom. The number of guanidine groups is 1. The second-order valence-corrected chi connectivity index (χ2v) is 7.10. The Morgan fingerprint density at radius 1 is 1.14 bits per heavy atom. The number of rotatable bonds is 8. The highest BCUT2D eigenvalue weighted by Gasteiger charge is 2.24. The number of carbonyl (C=O) groups is 2. The fourth-order valence-electron chi connectivity index (χ4n) is 2.93. The van der Waals surface area contributed by atoms with Crippen molar-refractivity contribution in [3.63, 3.8) is 0 Å². The Hall–Kier alpha value is -3.26. The van der Waals surface area contributed by atoms with Gasteiger partial charge >= 0.3 is 0 Å². The summed E-state index contributed by atoms with van der Waals surface area (Å²) in [5.74, 6) is -0.510. The molecule has 0 aliphatic carbocycles. The SMILES string of the molecule is NC(N)=NCCC[C@H](NC(=O)c1cccc2ccccc12)C(=O)c1nccs1. The quantitative estimate of drug-likeness (QED) is 0.234. The molecular weight excluding hydrogens is 374 g/mol. The number of nitrogens with one attached hydrogen (secondary N) is 1. The Balaban J connectivity index is 1.80. The number of thiazole rings is 1.